The van der Waals surface area contributed by atoms with E-state index in [-0.39, 0.29) is 12.3 Å². The van der Waals surface area contributed by atoms with Crippen molar-refractivity contribution in [3.05, 3.63) is 11.7 Å². The Morgan fingerprint density at radius 2 is 2.10 bits per heavy atom. The number of amides is 1. The summed E-state index contributed by atoms with van der Waals surface area (Å²) in [7, 11) is 1.51. The molecule has 116 valence electrons. The number of hydrogen-bond donors (Lipinski definition) is 1. The third-order valence-corrected chi connectivity index (χ3v) is 3.94. The zero-order valence-electron chi connectivity index (χ0n) is 12.6. The molecule has 1 amide bonds. The van der Waals surface area contributed by atoms with Crippen molar-refractivity contribution < 1.29 is 19.2 Å². The number of aryl methyl sites for hydroxylation is 1. The molecule has 1 saturated carbocycles. The van der Waals surface area contributed by atoms with E-state index < -0.39 is 11.5 Å². The Morgan fingerprint density at radius 1 is 1.43 bits per heavy atom. The molecule has 0 saturated heterocycles. The molecule has 0 spiro atoms. The number of carboxylic acids is 1. The number of hydrogen-bond acceptors (Lipinski definition) is 5. The van der Waals surface area contributed by atoms with Gasteiger partial charge in [0, 0.05) is 25.8 Å². The first-order valence-corrected chi connectivity index (χ1v) is 7.15. The molecule has 0 bridgehead atoms. The van der Waals surface area contributed by atoms with Crippen LogP contribution >= 0.6 is 0 Å². The number of rotatable bonds is 7. The monoisotopic (exact) mass is 295 g/mol. The van der Waals surface area contributed by atoms with Gasteiger partial charge in [-0.2, -0.15) is 4.98 Å². The third-order valence-electron chi connectivity index (χ3n) is 3.94. The van der Waals surface area contributed by atoms with Gasteiger partial charge in [-0.15, -0.1) is 0 Å². The van der Waals surface area contributed by atoms with Crippen LogP contribution in [0.25, 0.3) is 0 Å². The Labute approximate surface area is 123 Å². The predicted molar refractivity (Wildman–Crippen MR) is 73.7 cm³/mol. The van der Waals surface area contributed by atoms with Gasteiger partial charge < -0.3 is 14.5 Å². The number of carbonyl (C=O) groups is 2. The number of aliphatic carboxylic acids is 1. The number of aromatic nitrogens is 2. The molecule has 1 aliphatic carbocycles. The molecule has 0 atom stereocenters. The molecule has 21 heavy (non-hydrogen) atoms. The minimum atomic E-state index is -1.21. The van der Waals surface area contributed by atoms with Gasteiger partial charge in [-0.25, -0.2) is 4.79 Å². The summed E-state index contributed by atoms with van der Waals surface area (Å²) in [6.45, 7) is 3.01. The maximum Gasteiger partial charge on any atom is 0.329 e. The van der Waals surface area contributed by atoms with E-state index in [4.69, 9.17) is 9.63 Å². The van der Waals surface area contributed by atoms with Gasteiger partial charge in [-0.3, -0.25) is 4.79 Å². The smallest absolute Gasteiger partial charge is 0.329 e. The van der Waals surface area contributed by atoms with Crippen LogP contribution in [-0.2, 0) is 16.0 Å². The van der Waals surface area contributed by atoms with Crippen LogP contribution in [0.3, 0.4) is 0 Å². The Hall–Kier alpha value is -1.92. The van der Waals surface area contributed by atoms with Crippen molar-refractivity contribution in [3.63, 3.8) is 0 Å². The zero-order valence-corrected chi connectivity index (χ0v) is 12.6. The van der Waals surface area contributed by atoms with E-state index in [1.807, 2.05) is 0 Å². The Bertz CT molecular complexity index is 534. The molecule has 1 aromatic heterocycles. The molecule has 7 nitrogen and oxygen atoms in total. The highest BCUT2D eigenvalue weighted by Gasteiger charge is 2.34. The molecular formula is C14H21N3O4. The Kier molecular flexibility index (Phi) is 4.29. The quantitative estimate of drug-likeness (QED) is 0.820. The minimum Gasteiger partial charge on any atom is -0.480 e. The first-order valence-electron chi connectivity index (χ1n) is 7.15. The van der Waals surface area contributed by atoms with Crippen LogP contribution in [0.5, 0.6) is 0 Å². The van der Waals surface area contributed by atoms with Gasteiger partial charge in [-0.05, 0) is 33.1 Å². The number of carboxylic acid groups (broad SMARTS) is 1. The number of likely N-dealkylation sites (N-methyl/N-ethyl adjacent to an activating group) is 1. The number of carbonyl (C=O) groups excluding carboxylic acids is 1. The molecule has 1 N–H and O–H groups in total. The fourth-order valence-electron chi connectivity index (χ4n) is 1.89. The topological polar surface area (TPSA) is 96.5 Å². The molecule has 1 aromatic rings. The minimum absolute atomic E-state index is 0.204. The van der Waals surface area contributed by atoms with Crippen LogP contribution < -0.4 is 0 Å². The molecule has 1 fully saturated rings. The van der Waals surface area contributed by atoms with Gasteiger partial charge in [0.15, 0.2) is 5.82 Å². The Morgan fingerprint density at radius 3 is 2.67 bits per heavy atom. The highest BCUT2D eigenvalue weighted by molar-refractivity contribution is 5.86. The summed E-state index contributed by atoms with van der Waals surface area (Å²) < 4.78 is 5.13. The highest BCUT2D eigenvalue weighted by Crippen LogP contribution is 2.38. The fourth-order valence-corrected chi connectivity index (χ4v) is 1.89. The normalized spacial score (nSPS) is 15.0. The van der Waals surface area contributed by atoms with Crippen LogP contribution in [0.1, 0.15) is 57.2 Å². The lowest BCUT2D eigenvalue weighted by Crippen LogP contribution is -2.50. The lowest BCUT2D eigenvalue weighted by molar-refractivity contribution is -0.155. The molecule has 1 heterocycles. The SMILES string of the molecule is CN(C(=O)CCCc1nc(C2CC2)no1)C(C)(C)C(=O)O. The molecule has 0 aromatic carbocycles. The summed E-state index contributed by atoms with van der Waals surface area (Å²) in [6.07, 6.45) is 3.59. The van der Waals surface area contributed by atoms with Gasteiger partial charge in [0.1, 0.15) is 5.54 Å². The van der Waals surface area contributed by atoms with Gasteiger partial charge in [0.2, 0.25) is 11.8 Å². The van der Waals surface area contributed by atoms with E-state index in [0.29, 0.717) is 24.7 Å². The summed E-state index contributed by atoms with van der Waals surface area (Å²) in [5, 5.41) is 13.0. The van der Waals surface area contributed by atoms with E-state index >= 15 is 0 Å². The summed E-state index contributed by atoms with van der Waals surface area (Å²) in [6, 6.07) is 0. The second kappa shape index (κ2) is 5.83. The fraction of sp³-hybridized carbons (Fsp3) is 0.714. The average molecular weight is 295 g/mol. The van der Waals surface area contributed by atoms with Gasteiger partial charge >= 0.3 is 5.97 Å². The van der Waals surface area contributed by atoms with Crippen molar-refractivity contribution in [1.29, 1.82) is 0 Å². The lowest BCUT2D eigenvalue weighted by Gasteiger charge is -2.31. The molecule has 0 aliphatic heterocycles. The summed E-state index contributed by atoms with van der Waals surface area (Å²) in [5.41, 5.74) is -1.21. The maximum atomic E-state index is 12.0. The Balaban J connectivity index is 1.79. The van der Waals surface area contributed by atoms with E-state index in [1.165, 1.54) is 25.8 Å². The molecule has 1 aliphatic rings. The maximum absolute atomic E-state index is 12.0. The molecule has 0 radical (unpaired) electrons. The molecule has 0 unspecified atom stereocenters. The molecular weight excluding hydrogens is 274 g/mol. The third kappa shape index (κ3) is 3.59. The number of nitrogens with zero attached hydrogens (tertiary/aromatic N) is 3. The predicted octanol–water partition coefficient (Wildman–Crippen LogP) is 1.59. The zero-order chi connectivity index (χ0) is 15.6. The second-order valence-electron chi connectivity index (χ2n) is 5.99. The van der Waals surface area contributed by atoms with E-state index in [1.54, 1.807) is 0 Å². The molecule has 2 rings (SSSR count). The molecule has 7 heteroatoms. The van der Waals surface area contributed by atoms with Crippen LogP contribution in [0.4, 0.5) is 0 Å². The van der Waals surface area contributed by atoms with Crippen molar-refractivity contribution in [2.45, 2.75) is 57.4 Å². The first-order chi connectivity index (χ1) is 9.82. The van der Waals surface area contributed by atoms with E-state index in [0.717, 1.165) is 18.7 Å². The van der Waals surface area contributed by atoms with E-state index in [9.17, 15) is 9.59 Å². The average Bonchev–Trinajstić information content (AvgIpc) is 3.17. The van der Waals surface area contributed by atoms with Crippen LogP contribution in [0, 0.1) is 0 Å². The van der Waals surface area contributed by atoms with E-state index in [2.05, 4.69) is 10.1 Å². The second-order valence-corrected chi connectivity index (χ2v) is 5.99. The van der Waals surface area contributed by atoms with Crippen molar-refractivity contribution in [2.24, 2.45) is 0 Å². The van der Waals surface area contributed by atoms with Crippen LogP contribution in [0.15, 0.2) is 4.52 Å². The van der Waals surface area contributed by atoms with Gasteiger partial charge in [0.05, 0.1) is 0 Å². The summed E-state index contributed by atoms with van der Waals surface area (Å²) >= 11 is 0. The van der Waals surface area contributed by atoms with Crippen molar-refractivity contribution in [1.82, 2.24) is 15.0 Å². The van der Waals surface area contributed by atoms with Crippen molar-refractivity contribution in [2.75, 3.05) is 7.05 Å². The van der Waals surface area contributed by atoms with Crippen LogP contribution in [-0.4, -0.2) is 44.6 Å². The van der Waals surface area contributed by atoms with Gasteiger partial charge in [-0.1, -0.05) is 5.16 Å². The van der Waals surface area contributed by atoms with Crippen molar-refractivity contribution in [3.8, 4) is 0 Å². The summed E-state index contributed by atoms with van der Waals surface area (Å²) in [4.78, 5) is 28.7. The van der Waals surface area contributed by atoms with Gasteiger partial charge in [0.25, 0.3) is 0 Å². The lowest BCUT2D eigenvalue weighted by atomic mass is 10.0. The summed E-state index contributed by atoms with van der Waals surface area (Å²) in [5.74, 6) is 0.533. The standard InChI is InChI=1S/C14H21N3O4/c1-14(2,13(19)20)17(3)11(18)6-4-5-10-15-12(16-21-10)9-7-8-9/h9H,4-8H2,1-3H3,(H,19,20). The highest BCUT2D eigenvalue weighted by atomic mass is 16.5. The van der Waals surface area contributed by atoms with Crippen LogP contribution in [0.2, 0.25) is 0 Å². The first kappa shape index (κ1) is 15.5. The van der Waals surface area contributed by atoms with Crippen molar-refractivity contribution >= 4 is 11.9 Å². The largest absolute Gasteiger partial charge is 0.480 e.